The maximum atomic E-state index is 10.8. The van der Waals surface area contributed by atoms with Gasteiger partial charge in [-0.1, -0.05) is 270 Å². The first kappa shape index (κ1) is 55.5. The predicted octanol–water partition coefficient (Wildman–Crippen LogP) is 22.8. The van der Waals surface area contributed by atoms with E-state index < -0.39 is 0 Å². The lowest BCUT2D eigenvalue weighted by molar-refractivity contribution is 0.401. The van der Waals surface area contributed by atoms with E-state index in [9.17, 15) is 15.8 Å². The lowest BCUT2D eigenvalue weighted by atomic mass is 9.86. The van der Waals surface area contributed by atoms with Crippen molar-refractivity contribution in [3.05, 3.63) is 63.4 Å². The lowest BCUT2D eigenvalue weighted by Crippen LogP contribution is -2.07. The number of thiophene rings is 2. The van der Waals surface area contributed by atoms with E-state index in [1.54, 1.807) is 16.9 Å². The first-order valence-corrected chi connectivity index (χ1v) is 31.5. The van der Waals surface area contributed by atoms with E-state index in [4.69, 9.17) is 0 Å². The molecule has 0 fully saturated rings. The van der Waals surface area contributed by atoms with Gasteiger partial charge in [0.1, 0.15) is 23.8 Å². The standard InChI is InChI=1S/C67H89N3S2/c1-5-9-13-17-21-23-27-30-36-49(35-29-25-19-15-11-7-3)43-51-48-71-66-59(51)53-39-33-42-56-60(53)63(66)55-41-34-40-54-61(55)64(56)67-62(54)57(65(72-67)58(47-70)52(45-68)46-69)44-50(37-31-26-20-16-12-8-4)38-32-28-24-22-18-14-10-6-2/h33-34,39-42,48-50H,5-32,35-38,43-44H2,1-4H3. The topological polar surface area (TPSA) is 71.4 Å². The van der Waals surface area contributed by atoms with Crippen LogP contribution >= 0.6 is 22.7 Å². The first-order chi connectivity index (χ1) is 35.5. The summed E-state index contributed by atoms with van der Waals surface area (Å²) in [7, 11) is 0. The van der Waals surface area contributed by atoms with Crippen LogP contribution in [-0.2, 0) is 12.8 Å². The Morgan fingerprint density at radius 1 is 0.417 bits per heavy atom. The third-order valence-electron chi connectivity index (χ3n) is 16.7. The molecule has 2 aromatic heterocycles. The number of fused-ring (bicyclic) bond motifs is 8. The summed E-state index contributed by atoms with van der Waals surface area (Å²) >= 11 is 3.66. The Morgan fingerprint density at radius 2 is 0.792 bits per heavy atom. The molecule has 5 heteroatoms. The second kappa shape index (κ2) is 29.6. The van der Waals surface area contributed by atoms with Gasteiger partial charge in [0.15, 0.2) is 0 Å². The third-order valence-corrected chi connectivity index (χ3v) is 19.0. The van der Waals surface area contributed by atoms with Crippen molar-refractivity contribution < 1.29 is 0 Å². The van der Waals surface area contributed by atoms with E-state index in [-0.39, 0.29) is 11.1 Å². The fourth-order valence-corrected chi connectivity index (χ4v) is 15.4. The summed E-state index contributed by atoms with van der Waals surface area (Å²) in [6.07, 6.45) is 44.4. The summed E-state index contributed by atoms with van der Waals surface area (Å²) < 4.78 is 2.68. The van der Waals surface area contributed by atoms with Crippen LogP contribution in [0.25, 0.3) is 68.8 Å². The molecule has 0 amide bonds. The summed E-state index contributed by atoms with van der Waals surface area (Å²) in [4.78, 5) is 0.852. The number of nitriles is 3. The molecule has 0 aliphatic heterocycles. The van der Waals surface area contributed by atoms with E-state index in [1.165, 1.54) is 281 Å². The Hall–Kier alpha value is -4.21. The van der Waals surface area contributed by atoms with Crippen molar-refractivity contribution >= 4 is 91.5 Å². The van der Waals surface area contributed by atoms with Crippen molar-refractivity contribution in [1.82, 2.24) is 0 Å². The van der Waals surface area contributed by atoms with Gasteiger partial charge >= 0.3 is 0 Å². The van der Waals surface area contributed by atoms with Crippen molar-refractivity contribution in [3.63, 3.8) is 0 Å². The number of hydrogen-bond acceptors (Lipinski definition) is 5. The van der Waals surface area contributed by atoms with Crippen LogP contribution in [0.15, 0.2) is 47.4 Å². The highest BCUT2D eigenvalue weighted by molar-refractivity contribution is 7.22. The van der Waals surface area contributed by atoms with E-state index in [0.717, 1.165) is 17.2 Å². The molecule has 2 unspecified atom stereocenters. The zero-order valence-electron chi connectivity index (χ0n) is 45.4. The molecule has 7 rings (SSSR count). The maximum absolute atomic E-state index is 10.8. The lowest BCUT2D eigenvalue weighted by Gasteiger charge is -2.18. The minimum atomic E-state index is -0.0674. The van der Waals surface area contributed by atoms with Crippen LogP contribution in [0.5, 0.6) is 0 Å². The predicted molar refractivity (Wildman–Crippen MR) is 318 cm³/mol. The number of rotatable bonds is 37. The van der Waals surface area contributed by atoms with Gasteiger partial charge in [-0.05, 0) is 73.5 Å². The van der Waals surface area contributed by atoms with Crippen molar-refractivity contribution in [3.8, 4) is 18.2 Å². The Kier molecular flexibility index (Phi) is 22.8. The maximum Gasteiger partial charge on any atom is 0.148 e. The fraction of sp³-hybridized carbons (Fsp3) is 0.597. The summed E-state index contributed by atoms with van der Waals surface area (Å²) in [5.74, 6) is 1.20. The molecule has 0 saturated carbocycles. The zero-order chi connectivity index (χ0) is 50.5. The monoisotopic (exact) mass is 1000 g/mol. The molecule has 3 nitrogen and oxygen atoms in total. The SMILES string of the molecule is CCCCCCCCCCC(CCCCCCCC)Cc1csc2c1c1cccc3c1c2c1cccc2c4c(CC(CCCCCCCC)CCCCCCCCCC)c(C(C#N)=C(C#N)C#N)sc4c3c21. The number of nitrogens with zero attached hydrogens (tertiary/aromatic N) is 3. The van der Waals surface area contributed by atoms with Crippen molar-refractivity contribution in [2.75, 3.05) is 0 Å². The highest BCUT2D eigenvalue weighted by atomic mass is 32.1. The summed E-state index contributed by atoms with van der Waals surface area (Å²) in [5.41, 5.74) is 2.94. The number of allylic oxidation sites excluding steroid dienone is 2. The quantitative estimate of drug-likeness (QED) is 0.0221. The van der Waals surface area contributed by atoms with Gasteiger partial charge in [0.05, 0.1) is 10.5 Å². The van der Waals surface area contributed by atoms with E-state index in [2.05, 4.69) is 87.7 Å². The first-order valence-electron chi connectivity index (χ1n) is 29.8. The van der Waals surface area contributed by atoms with E-state index >= 15 is 0 Å². The number of hydrogen-bond donors (Lipinski definition) is 0. The van der Waals surface area contributed by atoms with Gasteiger partial charge in [0.25, 0.3) is 0 Å². The van der Waals surface area contributed by atoms with Crippen LogP contribution in [-0.4, -0.2) is 0 Å². The van der Waals surface area contributed by atoms with Crippen molar-refractivity contribution in [1.29, 1.82) is 15.8 Å². The molecule has 384 valence electrons. The van der Waals surface area contributed by atoms with Gasteiger partial charge in [-0.3, -0.25) is 0 Å². The van der Waals surface area contributed by atoms with Gasteiger partial charge in [-0.25, -0.2) is 0 Å². The molecule has 0 bridgehead atoms. The number of unbranched alkanes of at least 4 members (excludes halogenated alkanes) is 24. The summed E-state index contributed by atoms with van der Waals surface area (Å²) in [6, 6.07) is 20.8. The minimum absolute atomic E-state index is 0.0674. The highest BCUT2D eigenvalue weighted by Gasteiger charge is 2.30. The smallest absolute Gasteiger partial charge is 0.148 e. The largest absolute Gasteiger partial charge is 0.192 e. The molecule has 0 aliphatic carbocycles. The van der Waals surface area contributed by atoms with Crippen LogP contribution in [0.3, 0.4) is 0 Å². The molecule has 2 heterocycles. The van der Waals surface area contributed by atoms with Gasteiger partial charge < -0.3 is 0 Å². The average molecular weight is 1000 g/mol. The highest BCUT2D eigenvalue weighted by Crippen LogP contribution is 2.55. The van der Waals surface area contributed by atoms with Gasteiger partial charge in [0.2, 0.25) is 0 Å². The molecule has 2 atom stereocenters. The van der Waals surface area contributed by atoms with Crippen molar-refractivity contribution in [2.24, 2.45) is 11.8 Å². The van der Waals surface area contributed by atoms with E-state index in [0.29, 0.717) is 5.92 Å². The molecule has 0 N–H and O–H groups in total. The molecular weight excluding hydrogens is 911 g/mol. The van der Waals surface area contributed by atoms with Crippen LogP contribution in [0.1, 0.15) is 249 Å². The molecule has 72 heavy (non-hydrogen) atoms. The molecule has 0 radical (unpaired) electrons. The van der Waals surface area contributed by atoms with Crippen molar-refractivity contribution in [2.45, 2.75) is 246 Å². The van der Waals surface area contributed by atoms with Crippen LogP contribution < -0.4 is 0 Å². The summed E-state index contributed by atoms with van der Waals surface area (Å²) in [5, 5.41) is 47.5. The second-order valence-corrected chi connectivity index (χ2v) is 24.1. The van der Waals surface area contributed by atoms with Gasteiger partial charge in [-0.15, -0.1) is 22.7 Å². The minimum Gasteiger partial charge on any atom is -0.192 e. The van der Waals surface area contributed by atoms with Crippen LogP contribution in [0.4, 0.5) is 0 Å². The Morgan fingerprint density at radius 3 is 1.21 bits per heavy atom. The summed E-state index contributed by atoms with van der Waals surface area (Å²) in [6.45, 7) is 9.21. The average Bonchev–Trinajstić information content (AvgIpc) is 4.15. The zero-order valence-corrected chi connectivity index (χ0v) is 47.0. The molecule has 0 spiro atoms. The molecule has 7 aromatic rings. The fourth-order valence-electron chi connectivity index (χ4n) is 12.8. The molecular formula is C67H89N3S2. The van der Waals surface area contributed by atoms with E-state index in [1.807, 2.05) is 11.3 Å². The Balaban J connectivity index is 1.28. The normalized spacial score (nSPS) is 12.8. The molecule has 5 aromatic carbocycles. The third kappa shape index (κ3) is 13.5. The Bertz CT molecular complexity index is 2870. The second-order valence-electron chi connectivity index (χ2n) is 22.2. The van der Waals surface area contributed by atoms with Crippen LogP contribution in [0, 0.1) is 45.8 Å². The van der Waals surface area contributed by atoms with Gasteiger partial charge in [0, 0.05) is 30.9 Å². The number of benzene rings is 3. The molecule has 0 aliphatic rings. The van der Waals surface area contributed by atoms with Gasteiger partial charge in [-0.2, -0.15) is 15.8 Å². The Labute approximate surface area is 444 Å². The van der Waals surface area contributed by atoms with Crippen LogP contribution in [0.2, 0.25) is 0 Å². The molecule has 0 saturated heterocycles.